The van der Waals surface area contributed by atoms with Crippen molar-refractivity contribution in [2.45, 2.75) is 11.8 Å². The maximum Gasteiger partial charge on any atom is 0.241 e. The number of hydrogen-bond donors (Lipinski definition) is 1. The molecule has 0 spiro atoms. The highest BCUT2D eigenvalue weighted by atomic mass is 32.2. The first-order valence-electron chi connectivity index (χ1n) is 3.31. The summed E-state index contributed by atoms with van der Waals surface area (Å²) in [6.45, 7) is 1.32. The highest BCUT2D eigenvalue weighted by Gasteiger charge is 2.16. The zero-order chi connectivity index (χ0) is 10.2. The molecule has 0 atom stereocenters. The lowest BCUT2D eigenvalue weighted by Gasteiger charge is -2.02. The molecule has 0 aliphatic carbocycles. The minimum atomic E-state index is -4.19. The largest absolute Gasteiger partial charge is 0.241 e. The summed E-state index contributed by atoms with van der Waals surface area (Å²) in [6.07, 6.45) is 0. The monoisotopic (exact) mass is 207 g/mol. The molecule has 0 bridgehead atoms. The fourth-order valence-corrected chi connectivity index (χ4v) is 1.44. The molecule has 3 nitrogen and oxygen atoms in total. The zero-order valence-electron chi connectivity index (χ0n) is 6.71. The summed E-state index contributed by atoms with van der Waals surface area (Å²) >= 11 is 0. The van der Waals surface area contributed by atoms with E-state index in [2.05, 4.69) is 5.14 Å². The van der Waals surface area contributed by atoms with E-state index >= 15 is 0 Å². The third-order valence-corrected chi connectivity index (χ3v) is 2.45. The van der Waals surface area contributed by atoms with Crippen molar-refractivity contribution in [1.82, 2.24) is 0 Å². The third kappa shape index (κ3) is 2.02. The summed E-state index contributed by atoms with van der Waals surface area (Å²) < 4.78 is 47.1. The Morgan fingerprint density at radius 2 is 1.77 bits per heavy atom. The Morgan fingerprint density at radius 3 is 2.23 bits per heavy atom. The molecular formula is C7H7F2NO2S. The van der Waals surface area contributed by atoms with Crippen molar-refractivity contribution in [2.24, 2.45) is 5.14 Å². The second kappa shape index (κ2) is 3.04. The van der Waals surface area contributed by atoms with Crippen molar-refractivity contribution in [2.75, 3.05) is 0 Å². The molecular weight excluding hydrogens is 200 g/mol. The molecule has 0 amide bonds. The van der Waals surface area contributed by atoms with Gasteiger partial charge in [0.1, 0.15) is 16.5 Å². The molecule has 72 valence electrons. The SMILES string of the molecule is Cc1cc(F)c(S(N)(=O)=O)cc1F. The molecule has 0 saturated heterocycles. The number of nitrogens with two attached hydrogens (primary N) is 1. The van der Waals surface area contributed by atoms with Crippen LogP contribution < -0.4 is 5.14 Å². The standard InChI is InChI=1S/C7H7F2NO2S/c1-4-2-6(9)7(3-5(4)8)13(10,11)12/h2-3H,1H3,(H2,10,11,12). The van der Waals surface area contributed by atoms with Gasteiger partial charge in [0.15, 0.2) is 0 Å². The maximum absolute atomic E-state index is 12.9. The van der Waals surface area contributed by atoms with Gasteiger partial charge in [-0.25, -0.2) is 22.3 Å². The van der Waals surface area contributed by atoms with E-state index in [1.54, 1.807) is 0 Å². The first-order chi connectivity index (χ1) is 5.82. The molecule has 0 saturated carbocycles. The number of rotatable bonds is 1. The van der Waals surface area contributed by atoms with Crippen molar-refractivity contribution in [3.8, 4) is 0 Å². The fourth-order valence-electron chi connectivity index (χ4n) is 0.846. The van der Waals surface area contributed by atoms with Crippen LogP contribution in [0.2, 0.25) is 0 Å². The van der Waals surface area contributed by atoms with E-state index in [0.29, 0.717) is 6.07 Å². The van der Waals surface area contributed by atoms with E-state index < -0.39 is 26.6 Å². The first kappa shape index (κ1) is 10.1. The van der Waals surface area contributed by atoms with E-state index in [-0.39, 0.29) is 5.56 Å². The van der Waals surface area contributed by atoms with Crippen LogP contribution in [-0.4, -0.2) is 8.42 Å². The third-order valence-electron chi connectivity index (χ3n) is 1.52. The molecule has 0 heterocycles. The average molecular weight is 207 g/mol. The van der Waals surface area contributed by atoms with Crippen molar-refractivity contribution < 1.29 is 17.2 Å². The van der Waals surface area contributed by atoms with Gasteiger partial charge in [-0.15, -0.1) is 0 Å². The molecule has 1 rings (SSSR count). The Hall–Kier alpha value is -1.01. The summed E-state index contributed by atoms with van der Waals surface area (Å²) in [5.41, 5.74) is 0.0323. The molecule has 0 radical (unpaired) electrons. The van der Waals surface area contributed by atoms with Crippen LogP contribution in [0.3, 0.4) is 0 Å². The number of benzene rings is 1. The molecule has 0 fully saturated rings. The van der Waals surface area contributed by atoms with E-state index in [4.69, 9.17) is 0 Å². The summed E-state index contributed by atoms with van der Waals surface area (Å²) in [5.74, 6) is -1.84. The molecule has 1 aromatic rings. The van der Waals surface area contributed by atoms with Crippen LogP contribution >= 0.6 is 0 Å². The number of primary sulfonamides is 1. The minimum absolute atomic E-state index is 0.0323. The normalized spacial score (nSPS) is 11.7. The van der Waals surface area contributed by atoms with E-state index in [1.807, 2.05) is 0 Å². The quantitative estimate of drug-likeness (QED) is 0.744. The Bertz CT molecular complexity index is 442. The van der Waals surface area contributed by atoms with Crippen molar-refractivity contribution in [3.05, 3.63) is 29.3 Å². The van der Waals surface area contributed by atoms with Crippen molar-refractivity contribution in [3.63, 3.8) is 0 Å². The van der Waals surface area contributed by atoms with E-state index in [9.17, 15) is 17.2 Å². The van der Waals surface area contributed by atoms with Gasteiger partial charge in [-0.3, -0.25) is 0 Å². The van der Waals surface area contributed by atoms with Gasteiger partial charge in [-0.1, -0.05) is 0 Å². The lowest BCUT2D eigenvalue weighted by Crippen LogP contribution is -2.14. The molecule has 13 heavy (non-hydrogen) atoms. The Balaban J connectivity index is 3.50. The Kier molecular flexibility index (Phi) is 2.36. The summed E-state index contributed by atoms with van der Waals surface area (Å²) in [7, 11) is -4.19. The van der Waals surface area contributed by atoms with Gasteiger partial charge >= 0.3 is 0 Å². The molecule has 6 heteroatoms. The molecule has 2 N–H and O–H groups in total. The number of aryl methyl sites for hydroxylation is 1. The molecule has 1 aromatic carbocycles. The van der Waals surface area contributed by atoms with Crippen LogP contribution in [0.1, 0.15) is 5.56 Å². The van der Waals surface area contributed by atoms with E-state index in [1.165, 1.54) is 6.92 Å². The average Bonchev–Trinajstić information content (AvgIpc) is 1.94. The van der Waals surface area contributed by atoms with Crippen LogP contribution in [0.15, 0.2) is 17.0 Å². The van der Waals surface area contributed by atoms with Crippen LogP contribution in [0.5, 0.6) is 0 Å². The Morgan fingerprint density at radius 1 is 1.23 bits per heavy atom. The highest BCUT2D eigenvalue weighted by Crippen LogP contribution is 2.17. The number of sulfonamides is 1. The van der Waals surface area contributed by atoms with Crippen molar-refractivity contribution in [1.29, 1.82) is 0 Å². The number of hydrogen-bond acceptors (Lipinski definition) is 2. The molecule has 0 aromatic heterocycles. The second-order valence-corrected chi connectivity index (χ2v) is 4.11. The molecule has 0 aliphatic rings. The van der Waals surface area contributed by atoms with Gasteiger partial charge in [0.25, 0.3) is 0 Å². The van der Waals surface area contributed by atoms with Gasteiger partial charge in [-0.2, -0.15) is 0 Å². The van der Waals surface area contributed by atoms with Crippen LogP contribution in [0.4, 0.5) is 8.78 Å². The first-order valence-corrected chi connectivity index (χ1v) is 4.85. The van der Waals surface area contributed by atoms with Crippen molar-refractivity contribution >= 4 is 10.0 Å². The minimum Gasteiger partial charge on any atom is -0.225 e. The van der Waals surface area contributed by atoms with Gasteiger partial charge in [-0.05, 0) is 24.6 Å². The lowest BCUT2D eigenvalue weighted by molar-refractivity contribution is 0.550. The van der Waals surface area contributed by atoms with E-state index in [0.717, 1.165) is 6.07 Å². The molecule has 0 aliphatic heterocycles. The van der Waals surface area contributed by atoms with Crippen LogP contribution in [0, 0.1) is 18.6 Å². The smallest absolute Gasteiger partial charge is 0.225 e. The zero-order valence-corrected chi connectivity index (χ0v) is 7.53. The number of halogens is 2. The predicted molar refractivity (Wildman–Crippen MR) is 42.5 cm³/mol. The topological polar surface area (TPSA) is 60.2 Å². The highest BCUT2D eigenvalue weighted by molar-refractivity contribution is 7.89. The fraction of sp³-hybridized carbons (Fsp3) is 0.143. The van der Waals surface area contributed by atoms with Gasteiger partial charge in [0.05, 0.1) is 0 Å². The van der Waals surface area contributed by atoms with Gasteiger partial charge in [0.2, 0.25) is 10.0 Å². The summed E-state index contributed by atoms with van der Waals surface area (Å²) in [6, 6.07) is 1.36. The molecule has 0 unspecified atom stereocenters. The van der Waals surface area contributed by atoms with Crippen LogP contribution in [0.25, 0.3) is 0 Å². The predicted octanol–water partition coefficient (Wildman–Crippen LogP) is 0.921. The maximum atomic E-state index is 12.9. The van der Waals surface area contributed by atoms with Crippen LogP contribution in [-0.2, 0) is 10.0 Å². The lowest BCUT2D eigenvalue weighted by atomic mass is 10.2. The van der Waals surface area contributed by atoms with Gasteiger partial charge < -0.3 is 0 Å². The Labute approximate surface area is 74.2 Å². The summed E-state index contributed by atoms with van der Waals surface area (Å²) in [5, 5.41) is 4.64. The summed E-state index contributed by atoms with van der Waals surface area (Å²) in [4.78, 5) is -0.824. The second-order valence-electron chi connectivity index (χ2n) is 2.58. The van der Waals surface area contributed by atoms with Gasteiger partial charge in [0, 0.05) is 0 Å².